The highest BCUT2D eigenvalue weighted by Gasteiger charge is 2.34. The zero-order valence-corrected chi connectivity index (χ0v) is 11.0. The molecule has 18 heavy (non-hydrogen) atoms. The fourth-order valence-corrected chi connectivity index (χ4v) is 2.78. The van der Waals surface area contributed by atoms with Crippen LogP contribution in [0, 0.1) is 11.8 Å². The maximum absolute atomic E-state index is 12.2. The van der Waals surface area contributed by atoms with Gasteiger partial charge in [0.2, 0.25) is 0 Å². The lowest BCUT2D eigenvalue weighted by molar-refractivity contribution is -0.143. The molecule has 1 saturated heterocycles. The largest absolute Gasteiger partial charge is 0.401 e. The van der Waals surface area contributed by atoms with Crippen LogP contribution in [0.25, 0.3) is 0 Å². The maximum Gasteiger partial charge on any atom is 0.401 e. The molecule has 0 aromatic rings. The van der Waals surface area contributed by atoms with Crippen molar-refractivity contribution >= 4 is 0 Å². The van der Waals surface area contributed by atoms with E-state index in [4.69, 9.17) is 0 Å². The molecule has 0 radical (unpaired) electrons. The van der Waals surface area contributed by atoms with Gasteiger partial charge in [0.15, 0.2) is 0 Å². The van der Waals surface area contributed by atoms with Crippen molar-refractivity contribution in [2.24, 2.45) is 11.8 Å². The smallest absolute Gasteiger partial charge is 0.314 e. The molecular weight excluding hydrogens is 241 g/mol. The second kappa shape index (κ2) is 5.78. The lowest BCUT2D eigenvalue weighted by atomic mass is 10.1. The van der Waals surface area contributed by atoms with Crippen LogP contribution in [0.3, 0.4) is 0 Å². The minimum atomic E-state index is -4.05. The number of halogens is 3. The van der Waals surface area contributed by atoms with Gasteiger partial charge in [-0.25, -0.2) is 0 Å². The molecule has 2 unspecified atom stereocenters. The molecule has 2 rings (SSSR count). The van der Waals surface area contributed by atoms with E-state index in [9.17, 15) is 13.2 Å². The molecule has 1 aliphatic heterocycles. The molecular formula is C13H23F3N2. The molecule has 106 valence electrons. The van der Waals surface area contributed by atoms with E-state index in [1.165, 1.54) is 24.2 Å². The third kappa shape index (κ3) is 5.14. The minimum absolute atomic E-state index is 0.383. The number of hydrogen-bond acceptors (Lipinski definition) is 2. The van der Waals surface area contributed by atoms with Gasteiger partial charge in [0.05, 0.1) is 6.54 Å². The summed E-state index contributed by atoms with van der Waals surface area (Å²) in [4.78, 5) is 1.53. The van der Waals surface area contributed by atoms with E-state index in [1.54, 1.807) is 0 Å². The molecule has 2 nitrogen and oxygen atoms in total. The van der Waals surface area contributed by atoms with Crippen LogP contribution in [0.5, 0.6) is 0 Å². The molecule has 5 heteroatoms. The molecule has 2 fully saturated rings. The summed E-state index contributed by atoms with van der Waals surface area (Å²) in [5, 5.41) is 3.47. The fourth-order valence-electron chi connectivity index (χ4n) is 2.78. The monoisotopic (exact) mass is 264 g/mol. The van der Waals surface area contributed by atoms with E-state index < -0.39 is 12.7 Å². The Kier molecular flexibility index (Phi) is 4.54. The summed E-state index contributed by atoms with van der Waals surface area (Å²) in [5.41, 5.74) is 0. The van der Waals surface area contributed by atoms with Gasteiger partial charge >= 0.3 is 6.18 Å². The maximum atomic E-state index is 12.2. The second-order valence-electron chi connectivity index (χ2n) is 5.99. The van der Waals surface area contributed by atoms with Crippen molar-refractivity contribution in [1.82, 2.24) is 10.2 Å². The molecule has 1 N–H and O–H groups in total. The molecule has 0 bridgehead atoms. The van der Waals surface area contributed by atoms with E-state index in [1.807, 2.05) is 0 Å². The summed E-state index contributed by atoms with van der Waals surface area (Å²) < 4.78 is 36.7. The number of alkyl halides is 3. The highest BCUT2D eigenvalue weighted by Crippen LogP contribution is 2.33. The summed E-state index contributed by atoms with van der Waals surface area (Å²) in [6, 6.07) is 0.508. The highest BCUT2D eigenvalue weighted by atomic mass is 19.4. The quantitative estimate of drug-likeness (QED) is 0.793. The average Bonchev–Trinajstić information content (AvgIpc) is 2.93. The number of nitrogens with one attached hydrogen (secondary N) is 1. The average molecular weight is 264 g/mol. The van der Waals surface area contributed by atoms with Crippen LogP contribution in [-0.2, 0) is 0 Å². The lowest BCUT2D eigenvalue weighted by Crippen LogP contribution is -2.35. The van der Waals surface area contributed by atoms with Gasteiger partial charge in [-0.2, -0.15) is 13.2 Å². The highest BCUT2D eigenvalue weighted by molar-refractivity contribution is 4.82. The summed E-state index contributed by atoms with van der Waals surface area (Å²) >= 11 is 0. The Hall–Kier alpha value is -0.290. The molecule has 0 spiro atoms. The van der Waals surface area contributed by atoms with E-state index in [0.717, 1.165) is 18.9 Å². The number of rotatable bonds is 6. The Bertz CT molecular complexity index is 263. The molecule has 0 aromatic heterocycles. The Morgan fingerprint density at radius 3 is 2.56 bits per heavy atom. The first-order chi connectivity index (χ1) is 8.42. The van der Waals surface area contributed by atoms with E-state index in [2.05, 4.69) is 12.2 Å². The van der Waals surface area contributed by atoms with Crippen molar-refractivity contribution in [2.45, 2.75) is 44.8 Å². The predicted octanol–water partition coefficient (Wildman–Crippen LogP) is 2.65. The van der Waals surface area contributed by atoms with Gasteiger partial charge in [-0.1, -0.05) is 12.8 Å². The normalized spacial score (nSPS) is 27.7. The van der Waals surface area contributed by atoms with Gasteiger partial charge in [-0.3, -0.25) is 4.90 Å². The topological polar surface area (TPSA) is 15.3 Å². The van der Waals surface area contributed by atoms with Crippen LogP contribution in [-0.4, -0.2) is 43.3 Å². The van der Waals surface area contributed by atoms with Crippen molar-refractivity contribution in [3.63, 3.8) is 0 Å². The zero-order chi connectivity index (χ0) is 13.2. The Morgan fingerprint density at radius 1 is 1.22 bits per heavy atom. The Morgan fingerprint density at radius 2 is 1.94 bits per heavy atom. The first kappa shape index (κ1) is 14.1. The fraction of sp³-hybridized carbons (Fsp3) is 1.00. The molecule has 0 aromatic carbocycles. The van der Waals surface area contributed by atoms with Crippen molar-refractivity contribution in [1.29, 1.82) is 0 Å². The first-order valence-electron chi connectivity index (χ1n) is 6.95. The number of hydrogen-bond donors (Lipinski definition) is 1. The lowest BCUT2D eigenvalue weighted by Gasteiger charge is -2.19. The molecule has 1 saturated carbocycles. The molecule has 1 heterocycles. The van der Waals surface area contributed by atoms with Crippen LogP contribution in [0.4, 0.5) is 13.2 Å². The predicted molar refractivity (Wildman–Crippen MR) is 65.4 cm³/mol. The first-order valence-corrected chi connectivity index (χ1v) is 6.95. The van der Waals surface area contributed by atoms with Crippen LogP contribution in [0.1, 0.15) is 32.6 Å². The second-order valence-corrected chi connectivity index (χ2v) is 5.99. The van der Waals surface area contributed by atoms with Gasteiger partial charge in [0.1, 0.15) is 0 Å². The van der Waals surface area contributed by atoms with Gasteiger partial charge < -0.3 is 5.32 Å². The number of likely N-dealkylation sites (tertiary alicyclic amines) is 1. The zero-order valence-electron chi connectivity index (χ0n) is 11.0. The summed E-state index contributed by atoms with van der Waals surface area (Å²) in [7, 11) is 0. The molecule has 1 aliphatic carbocycles. The third-order valence-electron chi connectivity index (χ3n) is 3.91. The van der Waals surface area contributed by atoms with Crippen LogP contribution >= 0.6 is 0 Å². The SMILES string of the molecule is CC(CC1CC1)NCC1CCN(CC(F)(F)F)C1. The van der Waals surface area contributed by atoms with Crippen molar-refractivity contribution in [2.75, 3.05) is 26.2 Å². The third-order valence-corrected chi connectivity index (χ3v) is 3.91. The molecule has 2 aliphatic rings. The van der Waals surface area contributed by atoms with Gasteiger partial charge in [-0.05, 0) is 44.7 Å². The summed E-state index contributed by atoms with van der Waals surface area (Å²) in [6.45, 7) is 3.47. The van der Waals surface area contributed by atoms with Gasteiger partial charge in [0.25, 0.3) is 0 Å². The molecule has 2 atom stereocenters. The Labute approximate surface area is 107 Å². The number of nitrogens with zero attached hydrogens (tertiary/aromatic N) is 1. The van der Waals surface area contributed by atoms with Crippen molar-refractivity contribution in [3.05, 3.63) is 0 Å². The van der Waals surface area contributed by atoms with Crippen LogP contribution in [0.2, 0.25) is 0 Å². The molecule has 0 amide bonds. The van der Waals surface area contributed by atoms with Crippen LogP contribution in [0.15, 0.2) is 0 Å². The summed E-state index contributed by atoms with van der Waals surface area (Å²) in [5.74, 6) is 1.28. The van der Waals surface area contributed by atoms with Crippen LogP contribution < -0.4 is 5.32 Å². The van der Waals surface area contributed by atoms with E-state index >= 15 is 0 Å². The van der Waals surface area contributed by atoms with E-state index in [-0.39, 0.29) is 0 Å². The van der Waals surface area contributed by atoms with Gasteiger partial charge in [-0.15, -0.1) is 0 Å². The minimum Gasteiger partial charge on any atom is -0.314 e. The van der Waals surface area contributed by atoms with E-state index in [0.29, 0.717) is 25.0 Å². The Balaban J connectivity index is 1.60. The summed E-state index contributed by atoms with van der Waals surface area (Å²) in [6.07, 6.45) is 0.767. The van der Waals surface area contributed by atoms with Crippen molar-refractivity contribution < 1.29 is 13.2 Å². The standard InChI is InChI=1S/C13H23F3N2/c1-10(6-11-2-3-11)17-7-12-4-5-18(8-12)9-13(14,15)16/h10-12,17H,2-9H2,1H3. The van der Waals surface area contributed by atoms with Gasteiger partial charge in [0, 0.05) is 12.6 Å². The van der Waals surface area contributed by atoms with Crippen molar-refractivity contribution in [3.8, 4) is 0 Å².